The molecule has 7 aromatic carbocycles. The number of hydrogen-bond donors (Lipinski definition) is 2. The molecule has 0 unspecified atom stereocenters. The molecule has 9 aromatic rings. The fraction of sp³-hybridized carbons (Fsp3) is 0.0435. The molecule has 0 aliphatic rings. The van der Waals surface area contributed by atoms with Crippen LogP contribution >= 0.6 is 0 Å². The predicted octanol–water partition coefficient (Wildman–Crippen LogP) is 8.69. The minimum atomic E-state index is -2.94. The summed E-state index contributed by atoms with van der Waals surface area (Å²) in [6, 6.07) is 53.8. The number of rotatable bonds is 7. The SMILES string of the molecule is [B]C(O)(O)C([B])([B])c1nc2ccccc2n1-c1cccc(-c2cccc(-c3c4ccccc4c(-c4ccc(-c5cccnc5)cc4)c4ccccc34)c2)c1. The van der Waals surface area contributed by atoms with E-state index in [0.717, 1.165) is 49.7 Å². The molecule has 0 amide bonds. The molecule has 0 bridgehead atoms. The second kappa shape index (κ2) is 13.0. The molecule has 54 heavy (non-hydrogen) atoms. The van der Waals surface area contributed by atoms with E-state index >= 15 is 0 Å². The topological polar surface area (TPSA) is 71.2 Å². The Morgan fingerprint density at radius 1 is 0.481 bits per heavy atom. The largest absolute Gasteiger partial charge is 0.376 e. The molecule has 0 saturated carbocycles. The minimum Gasteiger partial charge on any atom is -0.376 e. The summed E-state index contributed by atoms with van der Waals surface area (Å²) >= 11 is 0. The molecule has 2 heterocycles. The quantitative estimate of drug-likeness (QED) is 0.0999. The second-order valence-corrected chi connectivity index (χ2v) is 13.6. The highest BCUT2D eigenvalue weighted by Crippen LogP contribution is 2.44. The van der Waals surface area contributed by atoms with Gasteiger partial charge in [0.15, 0.2) is 7.85 Å². The number of aromatic nitrogens is 3. The van der Waals surface area contributed by atoms with Crippen molar-refractivity contribution in [2.24, 2.45) is 0 Å². The summed E-state index contributed by atoms with van der Waals surface area (Å²) in [5.74, 6) is 0.00634. The van der Waals surface area contributed by atoms with Crippen molar-refractivity contribution < 1.29 is 10.2 Å². The lowest BCUT2D eigenvalue weighted by molar-refractivity contribution is -0.100. The molecular formula is C46H30B3N3O2. The van der Waals surface area contributed by atoms with Crippen molar-refractivity contribution in [1.82, 2.24) is 14.5 Å². The van der Waals surface area contributed by atoms with E-state index in [4.69, 9.17) is 23.5 Å². The summed E-state index contributed by atoms with van der Waals surface area (Å²) < 4.78 is 1.72. The van der Waals surface area contributed by atoms with Crippen molar-refractivity contribution in [2.75, 3.05) is 0 Å². The van der Waals surface area contributed by atoms with Crippen LogP contribution < -0.4 is 0 Å². The van der Waals surface area contributed by atoms with Gasteiger partial charge in [0.25, 0.3) is 0 Å². The highest BCUT2D eigenvalue weighted by molar-refractivity contribution is 6.44. The van der Waals surface area contributed by atoms with Gasteiger partial charge in [-0.05, 0) is 108 Å². The number of benzene rings is 7. The summed E-state index contributed by atoms with van der Waals surface area (Å²) in [4.78, 5) is 8.90. The number of aliphatic hydroxyl groups is 2. The molecule has 0 spiro atoms. The number of hydrogen-bond acceptors (Lipinski definition) is 4. The molecule has 0 fully saturated rings. The zero-order valence-electron chi connectivity index (χ0n) is 29.1. The van der Waals surface area contributed by atoms with Crippen LogP contribution in [-0.4, -0.2) is 54.0 Å². The third-order valence-electron chi connectivity index (χ3n) is 10.2. The highest BCUT2D eigenvalue weighted by Gasteiger charge is 2.41. The third-order valence-corrected chi connectivity index (χ3v) is 10.2. The van der Waals surface area contributed by atoms with Crippen LogP contribution in [0.5, 0.6) is 0 Å². The molecule has 6 radical (unpaired) electrons. The van der Waals surface area contributed by atoms with Crippen molar-refractivity contribution in [3.8, 4) is 50.2 Å². The van der Waals surface area contributed by atoms with Gasteiger partial charge in [-0.1, -0.05) is 121 Å². The van der Waals surface area contributed by atoms with Crippen molar-refractivity contribution in [2.45, 2.75) is 10.9 Å². The summed E-state index contributed by atoms with van der Waals surface area (Å²) in [6.45, 7) is 0. The van der Waals surface area contributed by atoms with E-state index in [1.54, 1.807) is 10.8 Å². The molecule has 2 N–H and O–H groups in total. The lowest BCUT2D eigenvalue weighted by Gasteiger charge is -2.37. The fourth-order valence-electron chi connectivity index (χ4n) is 7.52. The average Bonchev–Trinajstić information content (AvgIpc) is 3.61. The van der Waals surface area contributed by atoms with Gasteiger partial charge < -0.3 is 10.2 Å². The molecule has 250 valence electrons. The molecule has 9 rings (SSSR count). The second-order valence-electron chi connectivity index (χ2n) is 13.6. The van der Waals surface area contributed by atoms with Crippen molar-refractivity contribution in [1.29, 1.82) is 0 Å². The van der Waals surface area contributed by atoms with Gasteiger partial charge >= 0.3 is 0 Å². The van der Waals surface area contributed by atoms with Gasteiger partial charge in [-0.15, -0.1) is 0 Å². The van der Waals surface area contributed by atoms with Crippen LogP contribution in [0.15, 0.2) is 170 Å². The summed E-state index contributed by atoms with van der Waals surface area (Å²) in [7, 11) is 18.2. The van der Waals surface area contributed by atoms with Crippen LogP contribution in [0, 0.1) is 0 Å². The minimum absolute atomic E-state index is 0.00634. The number of nitrogens with zero attached hydrogens (tertiary/aromatic N) is 3. The molecule has 0 atom stereocenters. The molecule has 2 aromatic heterocycles. The first kappa shape index (κ1) is 33.6. The van der Waals surface area contributed by atoms with E-state index in [-0.39, 0.29) is 5.82 Å². The average molecular weight is 689 g/mol. The van der Waals surface area contributed by atoms with Crippen molar-refractivity contribution >= 4 is 56.1 Å². The maximum atomic E-state index is 10.4. The first-order chi connectivity index (χ1) is 26.2. The zero-order valence-corrected chi connectivity index (χ0v) is 29.1. The number of imidazole rings is 1. The molecule has 8 heteroatoms. The van der Waals surface area contributed by atoms with Crippen LogP contribution in [0.3, 0.4) is 0 Å². The maximum Gasteiger partial charge on any atom is 0.152 e. The third kappa shape index (κ3) is 5.63. The number of fused-ring (bicyclic) bond motifs is 3. The van der Waals surface area contributed by atoms with E-state index in [9.17, 15) is 10.2 Å². The zero-order chi connectivity index (χ0) is 37.0. The fourth-order valence-corrected chi connectivity index (χ4v) is 7.52. The first-order valence-electron chi connectivity index (χ1n) is 17.6. The van der Waals surface area contributed by atoms with E-state index in [1.165, 1.54) is 16.3 Å². The van der Waals surface area contributed by atoms with Crippen molar-refractivity contribution in [3.63, 3.8) is 0 Å². The van der Waals surface area contributed by atoms with Crippen LogP contribution in [-0.2, 0) is 5.21 Å². The monoisotopic (exact) mass is 689 g/mol. The molecule has 0 aliphatic carbocycles. The van der Waals surface area contributed by atoms with Crippen LogP contribution in [0.4, 0.5) is 0 Å². The molecular weight excluding hydrogens is 659 g/mol. The standard InChI is InChI=1S/C46H30B3N3O2/c47-45(48,46(49,53)54)44-51-40-19-5-6-20-41(40)52(44)35-14-8-11-32(27-35)31-10-7-12-33(26-31)43-38-17-3-1-15-36(38)42(37-16-2-4-18-39(37)43)30-23-21-29(22-24-30)34-13-9-25-50-28-34/h1-28,53-54H. The van der Waals surface area contributed by atoms with E-state index < -0.39 is 10.9 Å². The van der Waals surface area contributed by atoms with Gasteiger partial charge in [0, 0.05) is 18.1 Å². The number of para-hydroxylation sites is 2. The summed E-state index contributed by atoms with van der Waals surface area (Å²) in [6.07, 6.45) is 3.68. The smallest absolute Gasteiger partial charge is 0.152 e. The maximum absolute atomic E-state index is 10.4. The van der Waals surface area contributed by atoms with Crippen LogP contribution in [0.2, 0.25) is 0 Å². The van der Waals surface area contributed by atoms with Crippen LogP contribution in [0.25, 0.3) is 82.8 Å². The number of pyridine rings is 1. The Balaban J connectivity index is 1.19. The lowest BCUT2D eigenvalue weighted by atomic mass is 9.45. The Kier molecular flexibility index (Phi) is 8.11. The van der Waals surface area contributed by atoms with Gasteiger partial charge in [-0.3, -0.25) is 9.55 Å². The Hall–Kier alpha value is -6.21. The van der Waals surface area contributed by atoms with E-state index in [0.29, 0.717) is 16.7 Å². The van der Waals surface area contributed by atoms with E-state index in [2.05, 4.69) is 113 Å². The Labute approximate surface area is 316 Å². The van der Waals surface area contributed by atoms with Crippen LogP contribution in [0.1, 0.15) is 5.82 Å². The Morgan fingerprint density at radius 3 is 1.65 bits per heavy atom. The normalized spacial score (nSPS) is 12.1. The van der Waals surface area contributed by atoms with Gasteiger partial charge in [-0.2, -0.15) is 0 Å². The van der Waals surface area contributed by atoms with Gasteiger partial charge in [-0.25, -0.2) is 4.98 Å². The summed E-state index contributed by atoms with van der Waals surface area (Å²) in [5, 5.41) is 23.1. The highest BCUT2D eigenvalue weighted by atomic mass is 16.5. The summed E-state index contributed by atoms with van der Waals surface area (Å²) in [5.41, 5.74) is 7.70. The van der Waals surface area contributed by atoms with E-state index in [1.807, 2.05) is 60.8 Å². The van der Waals surface area contributed by atoms with Gasteiger partial charge in [0.2, 0.25) is 0 Å². The molecule has 0 saturated heterocycles. The predicted molar refractivity (Wildman–Crippen MR) is 222 cm³/mol. The molecule has 5 nitrogen and oxygen atoms in total. The van der Waals surface area contributed by atoms with Gasteiger partial charge in [0.1, 0.15) is 11.5 Å². The lowest BCUT2D eigenvalue weighted by Crippen LogP contribution is -2.54. The first-order valence-corrected chi connectivity index (χ1v) is 17.6. The van der Waals surface area contributed by atoms with Gasteiger partial charge in [0.05, 0.1) is 26.7 Å². The Morgan fingerprint density at radius 2 is 1.02 bits per heavy atom. The molecule has 0 aliphatic heterocycles. The Bertz CT molecular complexity index is 2790. The van der Waals surface area contributed by atoms with Crippen molar-refractivity contribution in [3.05, 3.63) is 176 Å².